The van der Waals surface area contributed by atoms with Crippen LogP contribution in [0.1, 0.15) is 35.7 Å². The molecule has 8 nitrogen and oxygen atoms in total. The molecule has 0 aromatic carbocycles. The summed E-state index contributed by atoms with van der Waals surface area (Å²) >= 11 is 0. The summed E-state index contributed by atoms with van der Waals surface area (Å²) in [6.45, 7) is 8.98. The quantitative estimate of drug-likeness (QED) is 0.780. The van der Waals surface area contributed by atoms with Crippen molar-refractivity contribution in [3.8, 4) is 0 Å². The maximum absolute atomic E-state index is 12.6. The van der Waals surface area contributed by atoms with Crippen LogP contribution in [-0.2, 0) is 9.59 Å². The number of nitrogens with zero attached hydrogens (tertiary/aromatic N) is 2. The number of rotatable bonds is 5. The second-order valence-corrected chi connectivity index (χ2v) is 6.99. The van der Waals surface area contributed by atoms with Gasteiger partial charge in [0.1, 0.15) is 11.5 Å². The van der Waals surface area contributed by atoms with E-state index < -0.39 is 6.04 Å². The molecule has 1 aromatic heterocycles. The summed E-state index contributed by atoms with van der Waals surface area (Å²) in [6, 6.07) is 1.11. The first-order valence-corrected chi connectivity index (χ1v) is 8.88. The SMILES string of the molecule is Cc1cc(C(=O)N2CCN(C(=O)CNC(=O)[C@@H](N)C(C)C)CC2)c(C)o1. The number of amides is 3. The van der Waals surface area contributed by atoms with E-state index in [1.165, 1.54) is 0 Å². The maximum Gasteiger partial charge on any atom is 0.257 e. The monoisotopic (exact) mass is 364 g/mol. The summed E-state index contributed by atoms with van der Waals surface area (Å²) < 4.78 is 5.41. The maximum atomic E-state index is 12.6. The Morgan fingerprint density at radius 3 is 2.23 bits per heavy atom. The van der Waals surface area contributed by atoms with Gasteiger partial charge in [0.25, 0.3) is 5.91 Å². The van der Waals surface area contributed by atoms with Crippen LogP contribution < -0.4 is 11.1 Å². The van der Waals surface area contributed by atoms with E-state index in [2.05, 4.69) is 5.32 Å². The van der Waals surface area contributed by atoms with Gasteiger partial charge in [-0.1, -0.05) is 13.8 Å². The Morgan fingerprint density at radius 2 is 1.73 bits per heavy atom. The smallest absolute Gasteiger partial charge is 0.257 e. The van der Waals surface area contributed by atoms with Crippen LogP contribution >= 0.6 is 0 Å². The van der Waals surface area contributed by atoms with Crippen LogP contribution in [-0.4, -0.2) is 66.3 Å². The molecular weight excluding hydrogens is 336 g/mol. The Labute approximate surface area is 153 Å². The van der Waals surface area contributed by atoms with Crippen LogP contribution in [0.3, 0.4) is 0 Å². The van der Waals surface area contributed by atoms with Gasteiger partial charge < -0.3 is 25.3 Å². The average Bonchev–Trinajstić information content (AvgIpc) is 2.96. The number of aryl methyl sites for hydroxylation is 2. The number of furan rings is 1. The van der Waals surface area contributed by atoms with Gasteiger partial charge in [-0.2, -0.15) is 0 Å². The Morgan fingerprint density at radius 1 is 1.15 bits per heavy atom. The van der Waals surface area contributed by atoms with Crippen LogP contribution in [0.4, 0.5) is 0 Å². The van der Waals surface area contributed by atoms with E-state index in [0.29, 0.717) is 43.3 Å². The van der Waals surface area contributed by atoms with Gasteiger partial charge in [0, 0.05) is 26.2 Å². The highest BCUT2D eigenvalue weighted by Gasteiger charge is 2.27. The summed E-state index contributed by atoms with van der Waals surface area (Å²) in [5.74, 6) is 0.743. The van der Waals surface area contributed by atoms with Crippen LogP contribution in [0.25, 0.3) is 0 Å². The number of carbonyl (C=O) groups excluding carboxylic acids is 3. The molecule has 0 unspecified atom stereocenters. The van der Waals surface area contributed by atoms with Crippen LogP contribution in [0.5, 0.6) is 0 Å². The first-order chi connectivity index (χ1) is 12.2. The van der Waals surface area contributed by atoms with Crippen LogP contribution in [0, 0.1) is 19.8 Å². The molecule has 2 heterocycles. The second-order valence-electron chi connectivity index (χ2n) is 6.99. The zero-order chi connectivity index (χ0) is 19.4. The van der Waals surface area contributed by atoms with E-state index in [1.807, 2.05) is 13.8 Å². The first kappa shape index (κ1) is 20.0. The Bertz CT molecular complexity index is 675. The number of hydrogen-bond donors (Lipinski definition) is 2. The Kier molecular flexibility index (Phi) is 6.42. The molecule has 8 heteroatoms. The van der Waals surface area contributed by atoms with Crippen LogP contribution in [0.2, 0.25) is 0 Å². The normalized spacial score (nSPS) is 15.9. The highest BCUT2D eigenvalue weighted by molar-refractivity contribution is 5.95. The largest absolute Gasteiger partial charge is 0.466 e. The fraction of sp³-hybridized carbons (Fsp3) is 0.611. The molecule has 0 radical (unpaired) electrons. The minimum atomic E-state index is -0.626. The molecule has 0 saturated carbocycles. The van der Waals surface area contributed by atoms with Gasteiger partial charge >= 0.3 is 0 Å². The highest BCUT2D eigenvalue weighted by Crippen LogP contribution is 2.17. The van der Waals surface area contributed by atoms with Crippen molar-refractivity contribution in [3.63, 3.8) is 0 Å². The van der Waals surface area contributed by atoms with Crippen molar-refractivity contribution in [2.75, 3.05) is 32.7 Å². The summed E-state index contributed by atoms with van der Waals surface area (Å²) in [5, 5.41) is 2.58. The highest BCUT2D eigenvalue weighted by atomic mass is 16.3. The molecular formula is C18H28N4O4. The fourth-order valence-electron chi connectivity index (χ4n) is 2.87. The molecule has 2 rings (SSSR count). The van der Waals surface area contributed by atoms with E-state index in [9.17, 15) is 14.4 Å². The number of nitrogens with two attached hydrogens (primary N) is 1. The predicted octanol–water partition coefficient (Wildman–Crippen LogP) is 0.280. The lowest BCUT2D eigenvalue weighted by Crippen LogP contribution is -2.53. The van der Waals surface area contributed by atoms with E-state index in [4.69, 9.17) is 10.2 Å². The lowest BCUT2D eigenvalue weighted by Gasteiger charge is -2.34. The van der Waals surface area contributed by atoms with E-state index in [1.54, 1.807) is 29.7 Å². The third-order valence-electron chi connectivity index (χ3n) is 4.63. The molecule has 1 saturated heterocycles. The van der Waals surface area contributed by atoms with Gasteiger partial charge in [-0.05, 0) is 25.8 Å². The molecule has 0 spiro atoms. The number of carbonyl (C=O) groups is 3. The van der Waals surface area contributed by atoms with Crippen molar-refractivity contribution in [2.24, 2.45) is 11.7 Å². The molecule has 1 fully saturated rings. The lowest BCUT2D eigenvalue weighted by atomic mass is 10.1. The molecule has 1 atom stereocenters. The van der Waals surface area contributed by atoms with Crippen LogP contribution in [0.15, 0.2) is 10.5 Å². The first-order valence-electron chi connectivity index (χ1n) is 8.88. The van der Waals surface area contributed by atoms with Gasteiger partial charge in [-0.3, -0.25) is 14.4 Å². The van der Waals surface area contributed by atoms with Gasteiger partial charge in [0.15, 0.2) is 0 Å². The second kappa shape index (κ2) is 8.35. The number of nitrogens with one attached hydrogen (secondary N) is 1. The minimum absolute atomic E-state index is 0.00896. The van der Waals surface area contributed by atoms with E-state index in [-0.39, 0.29) is 30.2 Å². The molecule has 0 bridgehead atoms. The molecule has 3 amide bonds. The van der Waals surface area contributed by atoms with Crippen molar-refractivity contribution in [1.82, 2.24) is 15.1 Å². The molecule has 3 N–H and O–H groups in total. The van der Waals surface area contributed by atoms with Crippen molar-refractivity contribution in [2.45, 2.75) is 33.7 Å². The molecule has 144 valence electrons. The van der Waals surface area contributed by atoms with Gasteiger partial charge in [-0.15, -0.1) is 0 Å². The van der Waals surface area contributed by atoms with Crippen molar-refractivity contribution in [3.05, 3.63) is 23.2 Å². The third-order valence-corrected chi connectivity index (χ3v) is 4.63. The molecule has 1 aliphatic heterocycles. The van der Waals surface area contributed by atoms with Crippen molar-refractivity contribution < 1.29 is 18.8 Å². The topological polar surface area (TPSA) is 109 Å². The summed E-state index contributed by atoms with van der Waals surface area (Å²) in [4.78, 5) is 40.0. The Balaban J connectivity index is 1.82. The zero-order valence-electron chi connectivity index (χ0n) is 15.9. The average molecular weight is 364 g/mol. The summed E-state index contributed by atoms with van der Waals surface area (Å²) in [5.41, 5.74) is 6.32. The standard InChI is InChI=1S/C18H28N4O4/c1-11(2)16(19)17(24)20-10-15(23)21-5-7-22(8-6-21)18(25)14-9-12(3)26-13(14)4/h9,11,16H,5-8,10,19H2,1-4H3,(H,20,24)/t16-/m0/s1. The molecule has 26 heavy (non-hydrogen) atoms. The minimum Gasteiger partial charge on any atom is -0.466 e. The summed E-state index contributed by atoms with van der Waals surface area (Å²) in [6.07, 6.45) is 0. The zero-order valence-corrected chi connectivity index (χ0v) is 15.9. The fourth-order valence-corrected chi connectivity index (χ4v) is 2.87. The van der Waals surface area contributed by atoms with Gasteiger partial charge in [0.05, 0.1) is 18.2 Å². The molecule has 1 aromatic rings. The van der Waals surface area contributed by atoms with E-state index >= 15 is 0 Å². The number of piperazine rings is 1. The van der Waals surface area contributed by atoms with Gasteiger partial charge in [-0.25, -0.2) is 0 Å². The Hall–Kier alpha value is -2.35. The molecule has 1 aliphatic rings. The molecule has 0 aliphatic carbocycles. The van der Waals surface area contributed by atoms with Crippen molar-refractivity contribution in [1.29, 1.82) is 0 Å². The van der Waals surface area contributed by atoms with Gasteiger partial charge in [0.2, 0.25) is 11.8 Å². The summed E-state index contributed by atoms with van der Waals surface area (Å²) in [7, 11) is 0. The predicted molar refractivity (Wildman–Crippen MR) is 96.5 cm³/mol. The lowest BCUT2D eigenvalue weighted by molar-refractivity contribution is -0.134. The van der Waals surface area contributed by atoms with Crippen molar-refractivity contribution >= 4 is 17.7 Å². The third kappa shape index (κ3) is 4.63. The number of hydrogen-bond acceptors (Lipinski definition) is 5. The van der Waals surface area contributed by atoms with E-state index in [0.717, 1.165) is 0 Å².